The van der Waals surface area contributed by atoms with Crippen molar-refractivity contribution < 1.29 is 14.7 Å². The molecule has 1 aliphatic rings. The van der Waals surface area contributed by atoms with Gasteiger partial charge in [0.1, 0.15) is 0 Å². The van der Waals surface area contributed by atoms with Crippen LogP contribution in [-0.4, -0.2) is 40.0 Å². The maximum absolute atomic E-state index is 13.1. The van der Waals surface area contributed by atoms with Gasteiger partial charge in [0.05, 0.1) is 0 Å². The third-order valence-electron chi connectivity index (χ3n) is 7.68. The lowest BCUT2D eigenvalue weighted by atomic mass is 9.93. The Kier molecular flexibility index (Phi) is 8.41. The van der Waals surface area contributed by atoms with Gasteiger partial charge in [0, 0.05) is 48.3 Å². The Morgan fingerprint density at radius 2 is 1.60 bits per heavy atom. The fourth-order valence-electron chi connectivity index (χ4n) is 5.51. The molecule has 0 atom stereocenters. The molecule has 206 valence electrons. The van der Waals surface area contributed by atoms with E-state index in [-0.39, 0.29) is 24.0 Å². The first kappa shape index (κ1) is 27.3. The Balaban J connectivity index is 1.29. The Hall–Kier alpha value is -4.23. The van der Waals surface area contributed by atoms with Crippen molar-refractivity contribution in [2.45, 2.75) is 52.1 Å². The third kappa shape index (κ3) is 6.00. The van der Waals surface area contributed by atoms with Crippen LogP contribution in [0.25, 0.3) is 22.0 Å². The topological polar surface area (TPSA) is 102 Å². The average molecular weight is 538 g/mol. The molecule has 7 heteroatoms. The number of ketones is 1. The summed E-state index contributed by atoms with van der Waals surface area (Å²) in [6.45, 7) is 3.40. The number of aliphatic hydroxyl groups excluding tert-OH is 1. The summed E-state index contributed by atoms with van der Waals surface area (Å²) < 4.78 is 0. The highest BCUT2D eigenvalue weighted by Gasteiger charge is 2.22. The molecule has 1 aromatic heterocycles. The summed E-state index contributed by atoms with van der Waals surface area (Å²) in [5, 5.41) is 13.5. The molecule has 0 radical (unpaired) electrons. The van der Waals surface area contributed by atoms with Crippen LogP contribution in [0.5, 0.6) is 0 Å². The number of urea groups is 1. The van der Waals surface area contributed by atoms with E-state index >= 15 is 0 Å². The number of hydrogen-bond donors (Lipinski definition) is 3. The molecule has 2 heterocycles. The van der Waals surface area contributed by atoms with Gasteiger partial charge in [-0.1, -0.05) is 48.5 Å². The first-order valence-electron chi connectivity index (χ1n) is 13.9. The van der Waals surface area contributed by atoms with Crippen LogP contribution >= 0.6 is 0 Å². The van der Waals surface area contributed by atoms with Crippen molar-refractivity contribution in [2.24, 2.45) is 0 Å². The van der Waals surface area contributed by atoms with Crippen molar-refractivity contribution in [2.75, 3.05) is 13.2 Å². The second-order valence-electron chi connectivity index (χ2n) is 10.4. The molecule has 0 spiro atoms. The number of rotatable bonds is 10. The van der Waals surface area contributed by atoms with E-state index < -0.39 is 0 Å². The molecule has 0 unspecified atom stereocenters. The lowest BCUT2D eigenvalue weighted by molar-refractivity contribution is 0.101. The molecule has 0 bridgehead atoms. The first-order valence-corrected chi connectivity index (χ1v) is 13.9. The molecular formula is C33H35N3O4. The number of pyridine rings is 1. The Morgan fingerprint density at radius 3 is 2.33 bits per heavy atom. The molecule has 40 heavy (non-hydrogen) atoms. The molecule has 3 N–H and O–H groups in total. The van der Waals surface area contributed by atoms with E-state index in [9.17, 15) is 19.5 Å². The number of carbonyl (C=O) groups excluding carboxylic acids is 2. The van der Waals surface area contributed by atoms with Crippen LogP contribution in [0.1, 0.15) is 58.8 Å². The highest BCUT2D eigenvalue weighted by atomic mass is 16.3. The minimum Gasteiger partial charge on any atom is -0.396 e. The van der Waals surface area contributed by atoms with Crippen LogP contribution in [0, 0.1) is 0 Å². The third-order valence-corrected chi connectivity index (χ3v) is 7.68. The fourth-order valence-corrected chi connectivity index (χ4v) is 5.51. The minimum absolute atomic E-state index is 0.0135. The minimum atomic E-state index is -0.106. The molecule has 5 rings (SSSR count). The summed E-state index contributed by atoms with van der Waals surface area (Å²) in [5.74, 6) is 0.0135. The van der Waals surface area contributed by atoms with Gasteiger partial charge in [-0.2, -0.15) is 0 Å². The van der Waals surface area contributed by atoms with E-state index in [1.54, 1.807) is 6.92 Å². The molecular weight excluding hydrogens is 502 g/mol. The maximum atomic E-state index is 13.1. The van der Waals surface area contributed by atoms with Gasteiger partial charge >= 0.3 is 6.03 Å². The number of unbranched alkanes of at least 4 members (excludes halogenated alkanes) is 1. The van der Waals surface area contributed by atoms with E-state index in [2.05, 4.69) is 28.5 Å². The maximum Gasteiger partial charge on any atom is 0.318 e. The summed E-state index contributed by atoms with van der Waals surface area (Å²) in [5.41, 5.74) is 7.28. The van der Waals surface area contributed by atoms with E-state index in [1.807, 2.05) is 53.4 Å². The van der Waals surface area contributed by atoms with Gasteiger partial charge in [0.2, 0.25) is 0 Å². The van der Waals surface area contributed by atoms with Crippen LogP contribution in [0.15, 0.2) is 71.5 Å². The van der Waals surface area contributed by atoms with E-state index in [4.69, 9.17) is 0 Å². The van der Waals surface area contributed by atoms with Crippen LogP contribution < -0.4 is 10.9 Å². The van der Waals surface area contributed by atoms with Gasteiger partial charge in [-0.25, -0.2) is 4.79 Å². The number of aromatic nitrogens is 1. The monoisotopic (exact) mass is 537 g/mol. The number of aliphatic hydroxyl groups is 1. The van der Waals surface area contributed by atoms with Crippen molar-refractivity contribution in [1.82, 2.24) is 15.2 Å². The number of aryl methyl sites for hydroxylation is 1. The number of H-pyrrole nitrogens is 1. The lowest BCUT2D eigenvalue weighted by Crippen LogP contribution is -2.36. The summed E-state index contributed by atoms with van der Waals surface area (Å²) in [6, 6.07) is 21.5. The van der Waals surface area contributed by atoms with Gasteiger partial charge in [-0.05, 0) is 85.0 Å². The number of aromatic amines is 1. The van der Waals surface area contributed by atoms with Gasteiger partial charge < -0.3 is 20.3 Å². The van der Waals surface area contributed by atoms with Gasteiger partial charge in [0.25, 0.3) is 5.56 Å². The van der Waals surface area contributed by atoms with Crippen molar-refractivity contribution in [1.29, 1.82) is 0 Å². The molecule has 3 aromatic carbocycles. The molecule has 2 amide bonds. The van der Waals surface area contributed by atoms with Gasteiger partial charge in [0.15, 0.2) is 5.78 Å². The van der Waals surface area contributed by atoms with Gasteiger partial charge in [-0.3, -0.25) is 9.59 Å². The highest BCUT2D eigenvalue weighted by Crippen LogP contribution is 2.28. The van der Waals surface area contributed by atoms with Crippen LogP contribution in [-0.2, 0) is 25.9 Å². The second-order valence-corrected chi connectivity index (χ2v) is 10.4. The number of nitrogens with zero attached hydrogens (tertiary/aromatic N) is 1. The molecule has 4 aromatic rings. The number of hydrogen-bond acceptors (Lipinski definition) is 4. The van der Waals surface area contributed by atoms with Crippen LogP contribution in [0.2, 0.25) is 0 Å². The number of fused-ring (bicyclic) bond motifs is 2. The molecule has 1 aliphatic heterocycles. The predicted molar refractivity (Wildman–Crippen MR) is 157 cm³/mol. The zero-order valence-electron chi connectivity index (χ0n) is 22.8. The summed E-state index contributed by atoms with van der Waals surface area (Å²) in [7, 11) is 0. The lowest BCUT2D eigenvalue weighted by Gasteiger charge is -2.17. The molecule has 7 nitrogen and oxygen atoms in total. The fraction of sp³-hybridized carbons (Fsp3) is 0.303. The molecule has 0 saturated heterocycles. The Morgan fingerprint density at radius 1 is 0.875 bits per heavy atom. The van der Waals surface area contributed by atoms with Crippen LogP contribution in [0.4, 0.5) is 4.79 Å². The average Bonchev–Trinajstić information content (AvgIpc) is 3.41. The molecule has 0 aliphatic carbocycles. The van der Waals surface area contributed by atoms with Crippen molar-refractivity contribution in [3.05, 3.63) is 105 Å². The number of amides is 2. The number of Topliss-reactive ketones (excluding diaryl/α,β-unsaturated/α-hetero) is 1. The van der Waals surface area contributed by atoms with Gasteiger partial charge in [-0.15, -0.1) is 0 Å². The number of carbonyl (C=O) groups is 2. The number of benzene rings is 3. The molecule has 0 saturated carbocycles. The summed E-state index contributed by atoms with van der Waals surface area (Å²) in [4.78, 5) is 42.5. The van der Waals surface area contributed by atoms with Crippen molar-refractivity contribution >= 4 is 22.7 Å². The zero-order valence-corrected chi connectivity index (χ0v) is 22.8. The Labute approximate surface area is 233 Å². The SMILES string of the molecule is CC(=O)c1cccc(-c2ccc3[nH]c(=O)c(CCCCNC(=O)N4Cc5ccccc5C4)c(CCCO)c3c2)c1. The quantitative estimate of drug-likeness (QED) is 0.187. The predicted octanol–water partition coefficient (Wildman–Crippen LogP) is 5.37. The normalized spacial score (nSPS) is 12.5. The second kappa shape index (κ2) is 12.3. The van der Waals surface area contributed by atoms with E-state index in [0.717, 1.165) is 46.0 Å². The van der Waals surface area contributed by atoms with E-state index in [1.165, 1.54) is 11.1 Å². The number of nitrogens with one attached hydrogen (secondary N) is 2. The Bertz CT molecular complexity index is 1580. The van der Waals surface area contributed by atoms with Crippen LogP contribution in [0.3, 0.4) is 0 Å². The standard InChI is InChI=1S/C33H35N3O4/c1-22(38)23-10-6-11-24(18-23)25-14-15-31-30(19-25)28(13-7-17-37)29(32(39)35-31)12-4-5-16-34-33(40)36-20-26-8-2-3-9-27(26)21-36/h2-3,6,8-11,14-15,18-19,37H,4-5,7,12-13,16-17,20-21H2,1H3,(H,34,40)(H,35,39). The van der Waals surface area contributed by atoms with E-state index in [0.29, 0.717) is 44.5 Å². The van der Waals surface area contributed by atoms with Crippen molar-refractivity contribution in [3.8, 4) is 11.1 Å². The zero-order chi connectivity index (χ0) is 28.1. The largest absolute Gasteiger partial charge is 0.396 e. The molecule has 0 fully saturated rings. The summed E-state index contributed by atoms with van der Waals surface area (Å²) >= 11 is 0. The summed E-state index contributed by atoms with van der Waals surface area (Å²) in [6.07, 6.45) is 3.24. The first-order chi connectivity index (χ1) is 19.4. The highest BCUT2D eigenvalue weighted by molar-refractivity contribution is 5.96. The smallest absolute Gasteiger partial charge is 0.318 e. The van der Waals surface area contributed by atoms with Crippen molar-refractivity contribution in [3.63, 3.8) is 0 Å².